The van der Waals surface area contributed by atoms with Gasteiger partial charge in [-0.2, -0.15) is 0 Å². The smallest absolute Gasteiger partial charge is 0.227 e. The van der Waals surface area contributed by atoms with Crippen molar-refractivity contribution in [2.24, 2.45) is 5.92 Å². The van der Waals surface area contributed by atoms with Gasteiger partial charge in [0.25, 0.3) is 0 Å². The molecule has 1 aliphatic heterocycles. The highest BCUT2D eigenvalue weighted by Crippen LogP contribution is 2.25. The molecule has 31 heavy (non-hydrogen) atoms. The van der Waals surface area contributed by atoms with E-state index in [9.17, 15) is 9.18 Å². The molecule has 0 radical (unpaired) electrons. The largest absolute Gasteiger partial charge is 0.326 e. The molecule has 0 atom stereocenters. The summed E-state index contributed by atoms with van der Waals surface area (Å²) in [5.74, 6) is 0.631. The standard InChI is InChI=1S/C25H27FN4O/c1-2-24-27-15-18(16-28-24)17-30-11-9-19(10-12-30)25(31)29-23-8-4-6-21(14-23)20-5-3-7-22(26)13-20/h3-8,13-16,19H,2,9-12,17H2,1H3,(H,29,31). The number of benzene rings is 2. The Morgan fingerprint density at radius 2 is 1.74 bits per heavy atom. The fourth-order valence-electron chi connectivity index (χ4n) is 3.95. The molecule has 0 spiro atoms. The topological polar surface area (TPSA) is 58.1 Å². The number of nitrogens with one attached hydrogen (secondary N) is 1. The van der Waals surface area contributed by atoms with Crippen LogP contribution in [0.15, 0.2) is 60.9 Å². The number of hydrogen-bond acceptors (Lipinski definition) is 4. The second kappa shape index (κ2) is 9.79. The quantitative estimate of drug-likeness (QED) is 0.631. The SMILES string of the molecule is CCc1ncc(CN2CCC(C(=O)Nc3cccc(-c4cccc(F)c4)c3)CC2)cn1. The number of aryl methyl sites for hydroxylation is 1. The molecule has 1 aromatic heterocycles. The monoisotopic (exact) mass is 418 g/mol. The average Bonchev–Trinajstić information content (AvgIpc) is 2.80. The van der Waals surface area contributed by atoms with Crippen LogP contribution in [0.25, 0.3) is 11.1 Å². The zero-order chi connectivity index (χ0) is 21.6. The maximum atomic E-state index is 13.5. The number of rotatable bonds is 6. The van der Waals surface area contributed by atoms with Gasteiger partial charge in [0.1, 0.15) is 11.6 Å². The van der Waals surface area contributed by atoms with Crippen LogP contribution in [0.2, 0.25) is 0 Å². The highest BCUT2D eigenvalue weighted by atomic mass is 19.1. The van der Waals surface area contributed by atoms with Gasteiger partial charge in [0.05, 0.1) is 0 Å². The van der Waals surface area contributed by atoms with Crippen molar-refractivity contribution in [2.45, 2.75) is 32.7 Å². The van der Waals surface area contributed by atoms with Gasteiger partial charge in [-0.3, -0.25) is 9.69 Å². The lowest BCUT2D eigenvalue weighted by atomic mass is 9.95. The van der Waals surface area contributed by atoms with Gasteiger partial charge in [-0.25, -0.2) is 14.4 Å². The number of carbonyl (C=O) groups is 1. The van der Waals surface area contributed by atoms with Crippen molar-refractivity contribution in [1.29, 1.82) is 0 Å². The van der Waals surface area contributed by atoms with Crippen LogP contribution in [-0.4, -0.2) is 33.9 Å². The van der Waals surface area contributed by atoms with Crippen molar-refractivity contribution < 1.29 is 9.18 Å². The molecule has 1 aliphatic rings. The van der Waals surface area contributed by atoms with E-state index in [1.807, 2.05) is 49.6 Å². The van der Waals surface area contributed by atoms with E-state index in [1.54, 1.807) is 6.07 Å². The van der Waals surface area contributed by atoms with E-state index in [4.69, 9.17) is 0 Å². The summed E-state index contributed by atoms with van der Waals surface area (Å²) in [6, 6.07) is 14.0. The number of carbonyl (C=O) groups excluding carboxylic acids is 1. The number of nitrogens with zero attached hydrogens (tertiary/aromatic N) is 3. The number of aromatic nitrogens is 2. The zero-order valence-electron chi connectivity index (χ0n) is 17.7. The van der Waals surface area contributed by atoms with Crippen LogP contribution < -0.4 is 5.32 Å². The van der Waals surface area contributed by atoms with Crippen molar-refractivity contribution in [3.8, 4) is 11.1 Å². The number of likely N-dealkylation sites (tertiary alicyclic amines) is 1. The Kier molecular flexibility index (Phi) is 6.67. The minimum Gasteiger partial charge on any atom is -0.326 e. The predicted octanol–water partition coefficient (Wildman–Crippen LogP) is 4.70. The Labute approximate surface area is 182 Å². The van der Waals surface area contributed by atoms with Gasteiger partial charge in [-0.15, -0.1) is 0 Å². The first kappa shape index (κ1) is 21.1. The summed E-state index contributed by atoms with van der Waals surface area (Å²) in [6.07, 6.45) is 6.28. The summed E-state index contributed by atoms with van der Waals surface area (Å²) in [5.41, 5.74) is 3.51. The summed E-state index contributed by atoms with van der Waals surface area (Å²) in [6.45, 7) is 4.60. The van der Waals surface area contributed by atoms with E-state index in [0.717, 1.165) is 67.1 Å². The molecule has 1 N–H and O–H groups in total. The minimum atomic E-state index is -0.272. The van der Waals surface area contributed by atoms with Crippen molar-refractivity contribution in [2.75, 3.05) is 18.4 Å². The predicted molar refractivity (Wildman–Crippen MR) is 120 cm³/mol. The van der Waals surface area contributed by atoms with Gasteiger partial charge in [0, 0.05) is 42.5 Å². The van der Waals surface area contributed by atoms with E-state index in [0.29, 0.717) is 0 Å². The first-order valence-corrected chi connectivity index (χ1v) is 10.8. The van der Waals surface area contributed by atoms with Crippen LogP contribution in [0.1, 0.15) is 31.2 Å². The Hall–Kier alpha value is -3.12. The lowest BCUT2D eigenvalue weighted by molar-refractivity contribution is -0.121. The van der Waals surface area contributed by atoms with E-state index in [1.165, 1.54) is 12.1 Å². The zero-order valence-corrected chi connectivity index (χ0v) is 17.7. The second-order valence-electron chi connectivity index (χ2n) is 7.99. The number of amides is 1. The van der Waals surface area contributed by atoms with Crippen LogP contribution in [-0.2, 0) is 17.8 Å². The Bertz CT molecular complexity index is 1030. The molecule has 0 saturated carbocycles. The molecule has 3 aromatic rings. The Balaban J connectivity index is 1.31. The van der Waals surface area contributed by atoms with Gasteiger partial charge < -0.3 is 5.32 Å². The first-order chi connectivity index (χ1) is 15.1. The molecule has 1 saturated heterocycles. The molecule has 0 aliphatic carbocycles. The van der Waals surface area contributed by atoms with Crippen LogP contribution in [0.3, 0.4) is 0 Å². The normalized spacial score (nSPS) is 15.0. The lowest BCUT2D eigenvalue weighted by Crippen LogP contribution is -2.37. The third-order valence-corrected chi connectivity index (χ3v) is 5.73. The molecule has 0 unspecified atom stereocenters. The molecule has 6 heteroatoms. The maximum Gasteiger partial charge on any atom is 0.227 e. The molecule has 1 fully saturated rings. The average molecular weight is 419 g/mol. The van der Waals surface area contributed by atoms with Crippen molar-refractivity contribution in [3.63, 3.8) is 0 Å². The number of piperidine rings is 1. The number of anilines is 1. The highest BCUT2D eigenvalue weighted by Gasteiger charge is 2.25. The van der Waals surface area contributed by atoms with Crippen LogP contribution in [0, 0.1) is 11.7 Å². The molecule has 5 nitrogen and oxygen atoms in total. The van der Waals surface area contributed by atoms with Gasteiger partial charge in [0.2, 0.25) is 5.91 Å². The van der Waals surface area contributed by atoms with Crippen molar-refractivity contribution >= 4 is 11.6 Å². The van der Waals surface area contributed by atoms with Crippen LogP contribution in [0.4, 0.5) is 10.1 Å². The third kappa shape index (κ3) is 5.52. The Morgan fingerprint density at radius 1 is 1.06 bits per heavy atom. The van der Waals surface area contributed by atoms with Crippen molar-refractivity contribution in [3.05, 3.63) is 78.1 Å². The molecule has 0 bridgehead atoms. The number of halogens is 1. The number of hydrogen-bond donors (Lipinski definition) is 1. The summed E-state index contributed by atoms with van der Waals surface area (Å²) < 4.78 is 13.5. The van der Waals surface area contributed by atoms with E-state index >= 15 is 0 Å². The lowest BCUT2D eigenvalue weighted by Gasteiger charge is -2.31. The molecule has 2 aromatic carbocycles. The summed E-state index contributed by atoms with van der Waals surface area (Å²) in [7, 11) is 0. The van der Waals surface area contributed by atoms with Crippen LogP contribution >= 0.6 is 0 Å². The van der Waals surface area contributed by atoms with Gasteiger partial charge >= 0.3 is 0 Å². The van der Waals surface area contributed by atoms with E-state index < -0.39 is 0 Å². The van der Waals surface area contributed by atoms with E-state index in [2.05, 4.69) is 20.2 Å². The Morgan fingerprint density at radius 3 is 2.42 bits per heavy atom. The highest BCUT2D eigenvalue weighted by molar-refractivity contribution is 5.93. The molecule has 160 valence electrons. The molecular formula is C25H27FN4O. The fraction of sp³-hybridized carbons (Fsp3) is 0.320. The van der Waals surface area contributed by atoms with E-state index in [-0.39, 0.29) is 17.6 Å². The fourth-order valence-corrected chi connectivity index (χ4v) is 3.95. The molecule has 2 heterocycles. The van der Waals surface area contributed by atoms with Crippen molar-refractivity contribution in [1.82, 2.24) is 14.9 Å². The molecular weight excluding hydrogens is 391 g/mol. The first-order valence-electron chi connectivity index (χ1n) is 10.8. The maximum absolute atomic E-state index is 13.5. The summed E-state index contributed by atoms with van der Waals surface area (Å²) in [4.78, 5) is 23.9. The molecule has 1 amide bonds. The van der Waals surface area contributed by atoms with Gasteiger partial charge in [-0.1, -0.05) is 31.2 Å². The summed E-state index contributed by atoms with van der Waals surface area (Å²) >= 11 is 0. The second-order valence-corrected chi connectivity index (χ2v) is 7.99. The third-order valence-electron chi connectivity index (χ3n) is 5.73. The minimum absolute atomic E-state index is 0.00667. The van der Waals surface area contributed by atoms with Gasteiger partial charge in [0.15, 0.2) is 0 Å². The van der Waals surface area contributed by atoms with Gasteiger partial charge in [-0.05, 0) is 61.3 Å². The molecule has 4 rings (SSSR count). The summed E-state index contributed by atoms with van der Waals surface area (Å²) in [5, 5.41) is 3.04. The van der Waals surface area contributed by atoms with Crippen LogP contribution in [0.5, 0.6) is 0 Å².